The quantitative estimate of drug-likeness (QED) is 0.813. The maximum absolute atomic E-state index is 12.1. The number of esters is 1. The number of rotatable bonds is 3. The number of carbonyl (C=O) groups excluding carboxylic acids is 2. The van der Waals surface area contributed by atoms with Gasteiger partial charge in [0.1, 0.15) is 0 Å². The lowest BCUT2D eigenvalue weighted by Gasteiger charge is -2.12. The molecule has 22 heavy (non-hydrogen) atoms. The first-order chi connectivity index (χ1) is 10.5. The summed E-state index contributed by atoms with van der Waals surface area (Å²) >= 11 is 12.0. The summed E-state index contributed by atoms with van der Waals surface area (Å²) in [6.07, 6.45) is 0. The predicted octanol–water partition coefficient (Wildman–Crippen LogP) is 4.42. The van der Waals surface area contributed by atoms with Crippen molar-refractivity contribution in [2.45, 2.75) is 0 Å². The van der Waals surface area contributed by atoms with Crippen LogP contribution in [0.4, 0.5) is 16.2 Å². The lowest BCUT2D eigenvalue weighted by molar-refractivity contribution is 0.0602. The van der Waals surface area contributed by atoms with Gasteiger partial charge in [-0.3, -0.25) is 0 Å². The highest BCUT2D eigenvalue weighted by Crippen LogP contribution is 2.30. The normalized spacial score (nSPS) is 9.95. The van der Waals surface area contributed by atoms with Crippen LogP contribution in [0.5, 0.6) is 0 Å². The van der Waals surface area contributed by atoms with Crippen LogP contribution in [0.25, 0.3) is 0 Å². The summed E-state index contributed by atoms with van der Waals surface area (Å²) in [7, 11) is 1.27. The van der Waals surface area contributed by atoms with E-state index in [1.54, 1.807) is 42.5 Å². The number of hydrogen-bond donors (Lipinski definition) is 2. The van der Waals surface area contributed by atoms with Crippen LogP contribution in [0.3, 0.4) is 0 Å². The number of methoxy groups -OCH3 is 1. The molecule has 0 aliphatic heterocycles. The van der Waals surface area contributed by atoms with Crippen LogP contribution in [0.2, 0.25) is 10.0 Å². The van der Waals surface area contributed by atoms with Crippen molar-refractivity contribution >= 4 is 46.6 Å². The fraction of sp³-hybridized carbons (Fsp3) is 0.0667. The van der Waals surface area contributed by atoms with Crippen molar-refractivity contribution in [3.8, 4) is 0 Å². The summed E-state index contributed by atoms with van der Waals surface area (Å²) in [5.41, 5.74) is 0.847. The zero-order valence-electron chi connectivity index (χ0n) is 11.5. The van der Waals surface area contributed by atoms with Gasteiger partial charge in [0.2, 0.25) is 0 Å². The van der Waals surface area contributed by atoms with Crippen molar-refractivity contribution in [3.05, 3.63) is 58.1 Å². The Balaban J connectivity index is 2.18. The molecule has 0 unspecified atom stereocenters. The van der Waals surface area contributed by atoms with E-state index in [2.05, 4.69) is 15.4 Å². The van der Waals surface area contributed by atoms with Gasteiger partial charge < -0.3 is 15.4 Å². The van der Waals surface area contributed by atoms with Gasteiger partial charge >= 0.3 is 12.0 Å². The molecule has 0 bridgehead atoms. The Morgan fingerprint density at radius 1 is 0.955 bits per heavy atom. The number of ether oxygens (including phenoxy) is 1. The summed E-state index contributed by atoms with van der Waals surface area (Å²) in [6.45, 7) is 0. The molecule has 2 amide bonds. The minimum absolute atomic E-state index is 0.241. The third-order valence-electron chi connectivity index (χ3n) is 2.78. The van der Waals surface area contributed by atoms with Crippen LogP contribution in [0, 0.1) is 0 Å². The van der Waals surface area contributed by atoms with E-state index in [4.69, 9.17) is 23.2 Å². The van der Waals surface area contributed by atoms with Gasteiger partial charge in [-0.1, -0.05) is 41.4 Å². The average Bonchev–Trinajstić information content (AvgIpc) is 2.51. The maximum atomic E-state index is 12.1. The number of benzene rings is 2. The number of carbonyl (C=O) groups is 2. The molecule has 0 atom stereocenters. The molecule has 2 rings (SSSR count). The molecule has 0 aliphatic carbocycles. The molecule has 0 aliphatic rings. The molecule has 0 saturated carbocycles. The monoisotopic (exact) mass is 338 g/mol. The van der Waals surface area contributed by atoms with Crippen molar-refractivity contribution in [2.75, 3.05) is 17.7 Å². The largest absolute Gasteiger partial charge is 0.465 e. The Morgan fingerprint density at radius 3 is 2.23 bits per heavy atom. The van der Waals surface area contributed by atoms with Crippen molar-refractivity contribution in [2.24, 2.45) is 0 Å². The first kappa shape index (κ1) is 16.1. The zero-order valence-corrected chi connectivity index (χ0v) is 13.0. The highest BCUT2D eigenvalue weighted by molar-refractivity contribution is 6.39. The number of urea groups is 1. The molecule has 0 aromatic heterocycles. The zero-order chi connectivity index (χ0) is 16.1. The van der Waals surface area contributed by atoms with Gasteiger partial charge in [0.25, 0.3) is 0 Å². The number of nitrogens with one attached hydrogen (secondary N) is 2. The fourth-order valence-electron chi connectivity index (χ4n) is 1.76. The molecule has 2 aromatic carbocycles. The third kappa shape index (κ3) is 3.69. The number of anilines is 2. The second kappa shape index (κ2) is 7.15. The second-order valence-corrected chi connectivity index (χ2v) is 5.03. The number of para-hydroxylation sites is 2. The Hall–Kier alpha value is -2.24. The molecule has 114 valence electrons. The van der Waals surface area contributed by atoms with Gasteiger partial charge in [0, 0.05) is 0 Å². The van der Waals surface area contributed by atoms with E-state index in [9.17, 15) is 9.59 Å². The molecule has 0 heterocycles. The van der Waals surface area contributed by atoms with E-state index in [0.29, 0.717) is 21.4 Å². The number of hydrogen-bond acceptors (Lipinski definition) is 3. The molecule has 2 aromatic rings. The molecule has 0 fully saturated rings. The van der Waals surface area contributed by atoms with Gasteiger partial charge in [-0.25, -0.2) is 9.59 Å². The summed E-state index contributed by atoms with van der Waals surface area (Å²) in [6, 6.07) is 10.8. The van der Waals surface area contributed by atoms with Gasteiger partial charge in [-0.05, 0) is 24.3 Å². The van der Waals surface area contributed by atoms with E-state index < -0.39 is 12.0 Å². The third-order valence-corrected chi connectivity index (χ3v) is 3.41. The van der Waals surface area contributed by atoms with Crippen LogP contribution < -0.4 is 10.6 Å². The fourth-order valence-corrected chi connectivity index (χ4v) is 2.26. The maximum Gasteiger partial charge on any atom is 0.339 e. The van der Waals surface area contributed by atoms with Crippen LogP contribution in [0.1, 0.15) is 10.4 Å². The molecular weight excluding hydrogens is 327 g/mol. The number of halogens is 2. The standard InChI is InChI=1S/C15H12Cl2N2O3/c1-22-14(20)9-5-2-3-8-12(9)18-15(21)19-13-10(16)6-4-7-11(13)17/h2-8H,1H3,(H2,18,19,21). The summed E-state index contributed by atoms with van der Waals surface area (Å²) < 4.78 is 4.66. The van der Waals surface area contributed by atoms with Crippen molar-refractivity contribution < 1.29 is 14.3 Å². The van der Waals surface area contributed by atoms with Crippen molar-refractivity contribution in [3.63, 3.8) is 0 Å². The Labute approximate surface area is 137 Å². The summed E-state index contributed by atoms with van der Waals surface area (Å²) in [5, 5.41) is 5.72. The van der Waals surface area contributed by atoms with E-state index >= 15 is 0 Å². The van der Waals surface area contributed by atoms with Crippen LogP contribution in [-0.2, 0) is 4.74 Å². The van der Waals surface area contributed by atoms with E-state index in [1.165, 1.54) is 7.11 Å². The van der Waals surface area contributed by atoms with E-state index in [-0.39, 0.29) is 5.56 Å². The second-order valence-electron chi connectivity index (χ2n) is 4.21. The highest BCUT2D eigenvalue weighted by Gasteiger charge is 2.14. The predicted molar refractivity (Wildman–Crippen MR) is 86.9 cm³/mol. The van der Waals surface area contributed by atoms with Gasteiger partial charge in [0.15, 0.2) is 0 Å². The molecule has 2 N–H and O–H groups in total. The SMILES string of the molecule is COC(=O)c1ccccc1NC(=O)Nc1c(Cl)cccc1Cl. The minimum Gasteiger partial charge on any atom is -0.465 e. The molecule has 0 spiro atoms. The average molecular weight is 339 g/mol. The lowest BCUT2D eigenvalue weighted by atomic mass is 10.2. The Kier molecular flexibility index (Phi) is 5.25. The number of amides is 2. The topological polar surface area (TPSA) is 67.4 Å². The summed E-state index contributed by atoms with van der Waals surface area (Å²) in [5.74, 6) is -0.549. The smallest absolute Gasteiger partial charge is 0.339 e. The van der Waals surface area contributed by atoms with Gasteiger partial charge in [0.05, 0.1) is 34.1 Å². The van der Waals surface area contributed by atoms with E-state index in [0.717, 1.165) is 0 Å². The van der Waals surface area contributed by atoms with E-state index in [1.807, 2.05) is 0 Å². The summed E-state index contributed by atoms with van der Waals surface area (Å²) in [4.78, 5) is 23.7. The van der Waals surface area contributed by atoms with Crippen molar-refractivity contribution in [1.82, 2.24) is 0 Å². The molecular formula is C15H12Cl2N2O3. The van der Waals surface area contributed by atoms with Crippen LogP contribution in [-0.4, -0.2) is 19.1 Å². The van der Waals surface area contributed by atoms with Crippen LogP contribution in [0.15, 0.2) is 42.5 Å². The first-order valence-electron chi connectivity index (χ1n) is 6.22. The molecule has 7 heteroatoms. The Bertz CT molecular complexity index is 699. The highest BCUT2D eigenvalue weighted by atomic mass is 35.5. The van der Waals surface area contributed by atoms with Gasteiger partial charge in [-0.15, -0.1) is 0 Å². The minimum atomic E-state index is -0.577. The lowest BCUT2D eigenvalue weighted by Crippen LogP contribution is -2.21. The van der Waals surface area contributed by atoms with Crippen LogP contribution >= 0.6 is 23.2 Å². The first-order valence-corrected chi connectivity index (χ1v) is 6.98. The molecule has 5 nitrogen and oxygen atoms in total. The van der Waals surface area contributed by atoms with Crippen molar-refractivity contribution in [1.29, 1.82) is 0 Å². The Morgan fingerprint density at radius 2 is 1.59 bits per heavy atom. The molecule has 0 saturated heterocycles. The van der Waals surface area contributed by atoms with Gasteiger partial charge in [-0.2, -0.15) is 0 Å². The molecule has 0 radical (unpaired) electrons.